The zero-order chi connectivity index (χ0) is 4.12. The molecule has 0 spiro atoms. The van der Waals surface area contributed by atoms with Crippen molar-refractivity contribution >= 4 is 48.9 Å². The molecule has 44 valence electrons. The van der Waals surface area contributed by atoms with Gasteiger partial charge in [0, 0.05) is 7.11 Å². The van der Waals surface area contributed by atoms with Crippen LogP contribution in [0.1, 0.15) is 2.85 Å². The van der Waals surface area contributed by atoms with E-state index in [2.05, 4.69) is 4.74 Å². The molecule has 0 radical (unpaired) electrons. The van der Waals surface area contributed by atoms with E-state index in [0.29, 0.717) is 6.61 Å². The third kappa shape index (κ3) is 18.6. The number of hydrogen-bond acceptors (Lipinski definition) is 2. The molecule has 0 aliphatic heterocycles. The molecular formula is C3H12BaO3. The molecule has 0 aliphatic carbocycles. The van der Waals surface area contributed by atoms with E-state index in [-0.39, 0.29) is 63.8 Å². The third-order valence-corrected chi connectivity index (χ3v) is 0.295. The predicted molar refractivity (Wildman–Crippen MR) is 30.6 cm³/mol. The number of rotatable bonds is 2. The SMILES string of the molecule is COCCO.O.[Ba+2].[H-].[H-]. The van der Waals surface area contributed by atoms with Crippen molar-refractivity contribution < 1.29 is 18.2 Å². The molecule has 0 aromatic heterocycles. The Balaban J connectivity index is -0.0000000133. The summed E-state index contributed by atoms with van der Waals surface area (Å²) in [5, 5.41) is 7.94. The van der Waals surface area contributed by atoms with Crippen LogP contribution in [-0.4, -0.2) is 79.8 Å². The Bertz CT molecular complexity index is 24.5. The van der Waals surface area contributed by atoms with E-state index in [9.17, 15) is 0 Å². The standard InChI is InChI=1S/C3H8O2.Ba.H2O.2H/c1-5-3-2-4;;;;/h4H,2-3H2,1H3;;1H2;;/q;+2;;2*-1. The zero-order valence-corrected chi connectivity index (χ0v) is 8.92. The topological polar surface area (TPSA) is 61.0 Å². The predicted octanol–water partition coefficient (Wildman–Crippen LogP) is -1.36. The maximum Gasteiger partial charge on any atom is 2.00 e. The molecule has 0 fully saturated rings. The van der Waals surface area contributed by atoms with Crippen molar-refractivity contribution in [2.45, 2.75) is 0 Å². The van der Waals surface area contributed by atoms with Gasteiger partial charge in [0.25, 0.3) is 0 Å². The molecule has 0 aromatic rings. The van der Waals surface area contributed by atoms with Gasteiger partial charge in [-0.3, -0.25) is 0 Å². The van der Waals surface area contributed by atoms with Crippen molar-refractivity contribution in [2.24, 2.45) is 0 Å². The molecule has 3 N–H and O–H groups in total. The minimum absolute atomic E-state index is 0. The Labute approximate surface area is 86.4 Å². The van der Waals surface area contributed by atoms with E-state index < -0.39 is 0 Å². The summed E-state index contributed by atoms with van der Waals surface area (Å²) >= 11 is 0. The Hall–Kier alpha value is 1.45. The first-order valence-corrected chi connectivity index (χ1v) is 1.51. The van der Waals surface area contributed by atoms with Gasteiger partial charge in [0.05, 0.1) is 13.2 Å². The van der Waals surface area contributed by atoms with E-state index in [4.69, 9.17) is 5.11 Å². The van der Waals surface area contributed by atoms with Crippen LogP contribution in [0, 0.1) is 0 Å². The summed E-state index contributed by atoms with van der Waals surface area (Å²) in [5.41, 5.74) is 0. The molecular weight excluding hydrogens is 221 g/mol. The van der Waals surface area contributed by atoms with Crippen LogP contribution >= 0.6 is 0 Å². The summed E-state index contributed by atoms with van der Waals surface area (Å²) in [6.07, 6.45) is 0. The average molecular weight is 233 g/mol. The minimum Gasteiger partial charge on any atom is -1.00 e. The summed E-state index contributed by atoms with van der Waals surface area (Å²) < 4.78 is 4.44. The van der Waals surface area contributed by atoms with Gasteiger partial charge in [-0.15, -0.1) is 0 Å². The maximum absolute atomic E-state index is 7.94. The largest absolute Gasteiger partial charge is 2.00 e. The van der Waals surface area contributed by atoms with Crippen molar-refractivity contribution in [3.8, 4) is 0 Å². The molecule has 7 heavy (non-hydrogen) atoms. The maximum atomic E-state index is 7.94. The summed E-state index contributed by atoms with van der Waals surface area (Å²) in [5.74, 6) is 0. The van der Waals surface area contributed by atoms with Gasteiger partial charge in [-0.05, 0) is 0 Å². The van der Waals surface area contributed by atoms with E-state index in [1.54, 1.807) is 7.11 Å². The first kappa shape index (κ1) is 15.8. The molecule has 0 heterocycles. The average Bonchev–Trinajstić information content (AvgIpc) is 1.41. The van der Waals surface area contributed by atoms with Crippen LogP contribution in [0.4, 0.5) is 0 Å². The van der Waals surface area contributed by atoms with Gasteiger partial charge in [0.15, 0.2) is 0 Å². The van der Waals surface area contributed by atoms with E-state index in [1.165, 1.54) is 0 Å². The third-order valence-electron chi connectivity index (χ3n) is 0.295. The van der Waals surface area contributed by atoms with Gasteiger partial charge < -0.3 is 18.2 Å². The molecule has 0 aromatic carbocycles. The number of methoxy groups -OCH3 is 1. The molecule has 0 saturated heterocycles. The van der Waals surface area contributed by atoms with Gasteiger partial charge in [-0.2, -0.15) is 0 Å². The molecule has 0 rings (SSSR count). The van der Waals surface area contributed by atoms with Crippen molar-refractivity contribution in [3.05, 3.63) is 0 Å². The molecule has 0 atom stereocenters. The van der Waals surface area contributed by atoms with Gasteiger partial charge >= 0.3 is 48.9 Å². The summed E-state index contributed by atoms with van der Waals surface area (Å²) in [6.45, 7) is 0.566. The second-order valence-electron chi connectivity index (χ2n) is 0.716. The van der Waals surface area contributed by atoms with Gasteiger partial charge in [-0.25, -0.2) is 0 Å². The van der Waals surface area contributed by atoms with Crippen LogP contribution in [0.5, 0.6) is 0 Å². The fourth-order valence-electron chi connectivity index (χ4n) is 0.0913. The van der Waals surface area contributed by atoms with Crippen LogP contribution in [0.25, 0.3) is 0 Å². The van der Waals surface area contributed by atoms with Gasteiger partial charge in [0.2, 0.25) is 0 Å². The van der Waals surface area contributed by atoms with Gasteiger partial charge in [-0.1, -0.05) is 0 Å². The number of ether oxygens (including phenoxy) is 1. The van der Waals surface area contributed by atoms with Crippen molar-refractivity contribution in [2.75, 3.05) is 20.3 Å². The molecule has 0 amide bonds. The van der Waals surface area contributed by atoms with Crippen LogP contribution in [-0.2, 0) is 4.74 Å². The zero-order valence-electron chi connectivity index (χ0n) is 6.48. The van der Waals surface area contributed by atoms with Crippen molar-refractivity contribution in [1.82, 2.24) is 0 Å². The Morgan fingerprint density at radius 2 is 2.14 bits per heavy atom. The first-order chi connectivity index (χ1) is 2.41. The molecule has 0 saturated carbocycles. The fourth-order valence-corrected chi connectivity index (χ4v) is 0.0913. The van der Waals surface area contributed by atoms with Crippen LogP contribution in [0.2, 0.25) is 0 Å². The first-order valence-electron chi connectivity index (χ1n) is 1.51. The Kier molecular flexibility index (Phi) is 35.3. The number of aliphatic hydroxyl groups is 1. The monoisotopic (exact) mass is 234 g/mol. The number of aliphatic hydroxyl groups excluding tert-OH is 1. The van der Waals surface area contributed by atoms with Gasteiger partial charge in [0.1, 0.15) is 0 Å². The molecule has 4 heteroatoms. The normalized spacial score (nSPS) is 6.00. The Morgan fingerprint density at radius 1 is 1.71 bits per heavy atom. The van der Waals surface area contributed by atoms with Crippen LogP contribution in [0.15, 0.2) is 0 Å². The summed E-state index contributed by atoms with van der Waals surface area (Å²) in [6, 6.07) is 0. The van der Waals surface area contributed by atoms with E-state index in [1.807, 2.05) is 0 Å². The smallest absolute Gasteiger partial charge is 1.00 e. The van der Waals surface area contributed by atoms with Crippen LogP contribution < -0.4 is 0 Å². The summed E-state index contributed by atoms with van der Waals surface area (Å²) in [4.78, 5) is 0. The van der Waals surface area contributed by atoms with Crippen molar-refractivity contribution in [1.29, 1.82) is 0 Å². The van der Waals surface area contributed by atoms with E-state index in [0.717, 1.165) is 0 Å². The summed E-state index contributed by atoms with van der Waals surface area (Å²) in [7, 11) is 1.55. The second-order valence-corrected chi connectivity index (χ2v) is 0.716. The van der Waals surface area contributed by atoms with Crippen LogP contribution in [0.3, 0.4) is 0 Å². The van der Waals surface area contributed by atoms with E-state index >= 15 is 0 Å². The minimum atomic E-state index is 0. The molecule has 0 unspecified atom stereocenters. The second kappa shape index (κ2) is 15.7. The fraction of sp³-hybridized carbons (Fsp3) is 1.00. The molecule has 3 nitrogen and oxygen atoms in total. The van der Waals surface area contributed by atoms with Crippen molar-refractivity contribution in [3.63, 3.8) is 0 Å². The quantitative estimate of drug-likeness (QED) is 0.599. The number of hydrogen-bond donors (Lipinski definition) is 1. The molecule has 0 aliphatic rings. The Morgan fingerprint density at radius 3 is 2.14 bits per heavy atom. The molecule has 0 bridgehead atoms.